The molecule has 162 valence electrons. The van der Waals surface area contributed by atoms with Crippen LogP contribution < -0.4 is 10.2 Å². The second kappa shape index (κ2) is 9.29. The summed E-state index contributed by atoms with van der Waals surface area (Å²) in [5.74, 6) is -0.474. The molecular weight excluding hydrogens is 397 g/mol. The fourth-order valence-electron chi connectivity index (χ4n) is 4.17. The Labute approximate surface area is 181 Å². The van der Waals surface area contributed by atoms with Gasteiger partial charge in [-0.3, -0.25) is 14.4 Å². The van der Waals surface area contributed by atoms with Crippen LogP contribution >= 0.6 is 0 Å². The summed E-state index contributed by atoms with van der Waals surface area (Å²) in [4.78, 5) is 40.4. The van der Waals surface area contributed by atoms with E-state index in [0.717, 1.165) is 24.2 Å². The fraction of sp³-hybridized carbons (Fsp3) is 0.375. The lowest BCUT2D eigenvalue weighted by Gasteiger charge is -2.31. The van der Waals surface area contributed by atoms with E-state index in [0.29, 0.717) is 44.5 Å². The van der Waals surface area contributed by atoms with Gasteiger partial charge in [0.2, 0.25) is 11.8 Å². The molecule has 2 fully saturated rings. The first kappa shape index (κ1) is 21.0. The average molecular weight is 423 g/mol. The maximum absolute atomic E-state index is 13.0. The third-order valence-corrected chi connectivity index (χ3v) is 6.03. The molecule has 0 aromatic heterocycles. The van der Waals surface area contributed by atoms with Gasteiger partial charge >= 0.3 is 0 Å². The Kier molecular flexibility index (Phi) is 6.30. The summed E-state index contributed by atoms with van der Waals surface area (Å²) in [6.45, 7) is 2.21. The summed E-state index contributed by atoms with van der Waals surface area (Å²) in [7, 11) is 0. The van der Waals surface area contributed by atoms with Crippen molar-refractivity contribution in [2.24, 2.45) is 5.92 Å². The van der Waals surface area contributed by atoms with Gasteiger partial charge in [-0.1, -0.05) is 12.1 Å². The van der Waals surface area contributed by atoms with E-state index in [-0.39, 0.29) is 29.5 Å². The number of carbonyl (C=O) groups excluding carboxylic acids is 3. The van der Waals surface area contributed by atoms with Crippen LogP contribution in [0.15, 0.2) is 48.5 Å². The monoisotopic (exact) mass is 423 g/mol. The van der Waals surface area contributed by atoms with Crippen LogP contribution in [0, 0.1) is 11.7 Å². The highest BCUT2D eigenvalue weighted by molar-refractivity contribution is 5.95. The molecule has 0 spiro atoms. The van der Waals surface area contributed by atoms with Crippen molar-refractivity contribution in [3.63, 3.8) is 0 Å². The van der Waals surface area contributed by atoms with Crippen LogP contribution in [0.3, 0.4) is 0 Å². The summed E-state index contributed by atoms with van der Waals surface area (Å²) in [5.41, 5.74) is 2.34. The van der Waals surface area contributed by atoms with Crippen LogP contribution in [0.4, 0.5) is 10.1 Å². The minimum Gasteiger partial charge on any atom is -0.352 e. The van der Waals surface area contributed by atoms with Gasteiger partial charge in [0.15, 0.2) is 0 Å². The van der Waals surface area contributed by atoms with Crippen LogP contribution in [0.25, 0.3) is 0 Å². The van der Waals surface area contributed by atoms with Crippen molar-refractivity contribution in [3.05, 3.63) is 65.5 Å². The molecule has 2 aliphatic heterocycles. The molecule has 2 saturated heterocycles. The Morgan fingerprint density at radius 3 is 2.26 bits per heavy atom. The Balaban J connectivity index is 1.24. The van der Waals surface area contributed by atoms with Gasteiger partial charge < -0.3 is 15.1 Å². The van der Waals surface area contributed by atoms with Gasteiger partial charge in [-0.05, 0) is 61.2 Å². The molecule has 0 radical (unpaired) electrons. The molecule has 2 aromatic carbocycles. The number of hydrogen-bond acceptors (Lipinski definition) is 3. The fourth-order valence-corrected chi connectivity index (χ4v) is 4.17. The summed E-state index contributed by atoms with van der Waals surface area (Å²) < 4.78 is 13.0. The van der Waals surface area contributed by atoms with E-state index in [1.807, 2.05) is 24.3 Å². The van der Waals surface area contributed by atoms with Crippen molar-refractivity contribution in [1.82, 2.24) is 10.2 Å². The Hall–Kier alpha value is -3.22. The highest BCUT2D eigenvalue weighted by Crippen LogP contribution is 2.22. The Bertz CT molecular complexity index is 951. The topological polar surface area (TPSA) is 69.7 Å². The van der Waals surface area contributed by atoms with Crippen molar-refractivity contribution in [1.29, 1.82) is 0 Å². The number of nitrogens with zero attached hydrogens (tertiary/aromatic N) is 2. The van der Waals surface area contributed by atoms with Crippen molar-refractivity contribution in [3.8, 4) is 0 Å². The third kappa shape index (κ3) is 4.93. The van der Waals surface area contributed by atoms with E-state index in [4.69, 9.17) is 0 Å². The average Bonchev–Trinajstić information content (AvgIpc) is 3.24. The first-order valence-electron chi connectivity index (χ1n) is 10.7. The van der Waals surface area contributed by atoms with Crippen LogP contribution in [0.1, 0.15) is 41.6 Å². The number of benzene rings is 2. The predicted molar refractivity (Wildman–Crippen MR) is 115 cm³/mol. The lowest BCUT2D eigenvalue weighted by molar-refractivity contribution is -0.126. The highest BCUT2D eigenvalue weighted by atomic mass is 19.1. The summed E-state index contributed by atoms with van der Waals surface area (Å²) in [6, 6.07) is 13.2. The number of hydrogen-bond donors (Lipinski definition) is 1. The molecule has 0 atom stereocenters. The molecule has 0 bridgehead atoms. The summed E-state index contributed by atoms with van der Waals surface area (Å²) in [5, 5.41) is 2.98. The lowest BCUT2D eigenvalue weighted by atomic mass is 9.95. The van der Waals surface area contributed by atoms with Gasteiger partial charge in [-0.15, -0.1) is 0 Å². The van der Waals surface area contributed by atoms with Gasteiger partial charge in [0.05, 0.1) is 0 Å². The van der Waals surface area contributed by atoms with Gasteiger partial charge in [0.25, 0.3) is 5.91 Å². The molecular formula is C24H26FN3O3. The second-order valence-electron chi connectivity index (χ2n) is 8.11. The number of carbonyl (C=O) groups is 3. The number of likely N-dealkylation sites (tertiary alicyclic amines) is 1. The smallest absolute Gasteiger partial charge is 0.253 e. The van der Waals surface area contributed by atoms with E-state index in [1.165, 1.54) is 24.3 Å². The predicted octanol–water partition coefficient (Wildman–Crippen LogP) is 3.12. The van der Waals surface area contributed by atoms with Crippen molar-refractivity contribution >= 4 is 23.4 Å². The van der Waals surface area contributed by atoms with E-state index < -0.39 is 0 Å². The normalized spacial score (nSPS) is 17.1. The molecule has 0 saturated carbocycles. The number of anilines is 1. The first-order valence-corrected chi connectivity index (χ1v) is 10.7. The van der Waals surface area contributed by atoms with E-state index >= 15 is 0 Å². The van der Waals surface area contributed by atoms with E-state index in [9.17, 15) is 18.8 Å². The standard InChI is InChI=1S/C24H26FN3O3/c25-20-7-5-19(6-8-20)24(31)27-14-11-18(12-15-27)23(30)26-16-17-3-9-21(10-4-17)28-13-1-2-22(28)29/h3-10,18H,1-2,11-16H2,(H,26,30). The lowest BCUT2D eigenvalue weighted by Crippen LogP contribution is -2.42. The summed E-state index contributed by atoms with van der Waals surface area (Å²) in [6.07, 6.45) is 2.71. The maximum atomic E-state index is 13.0. The maximum Gasteiger partial charge on any atom is 0.253 e. The molecule has 2 aromatic rings. The number of halogens is 1. The van der Waals surface area contributed by atoms with Crippen LogP contribution in [-0.2, 0) is 16.1 Å². The molecule has 0 unspecified atom stereocenters. The number of piperidine rings is 1. The van der Waals surface area contributed by atoms with Gasteiger partial charge in [0.1, 0.15) is 5.82 Å². The molecule has 4 rings (SSSR count). The highest BCUT2D eigenvalue weighted by Gasteiger charge is 2.28. The molecule has 31 heavy (non-hydrogen) atoms. The van der Waals surface area contributed by atoms with Crippen LogP contribution in [-0.4, -0.2) is 42.3 Å². The van der Waals surface area contributed by atoms with Gasteiger partial charge in [0, 0.05) is 49.8 Å². The quantitative estimate of drug-likeness (QED) is 0.803. The minimum atomic E-state index is -0.369. The molecule has 2 heterocycles. The molecule has 2 aliphatic rings. The SMILES string of the molecule is O=C(NCc1ccc(N2CCCC2=O)cc1)C1CCN(C(=O)c2ccc(F)cc2)CC1. The molecule has 3 amide bonds. The molecule has 1 N–H and O–H groups in total. The zero-order chi connectivity index (χ0) is 21.8. The number of rotatable bonds is 5. The molecule has 0 aliphatic carbocycles. The second-order valence-corrected chi connectivity index (χ2v) is 8.11. The molecule has 7 heteroatoms. The third-order valence-electron chi connectivity index (χ3n) is 6.03. The van der Waals surface area contributed by atoms with E-state index in [1.54, 1.807) is 9.80 Å². The Morgan fingerprint density at radius 1 is 0.968 bits per heavy atom. The number of nitrogens with one attached hydrogen (secondary N) is 1. The van der Waals surface area contributed by atoms with E-state index in [2.05, 4.69) is 5.32 Å². The van der Waals surface area contributed by atoms with Crippen molar-refractivity contribution in [2.45, 2.75) is 32.2 Å². The molecule has 6 nitrogen and oxygen atoms in total. The van der Waals surface area contributed by atoms with Crippen molar-refractivity contribution < 1.29 is 18.8 Å². The van der Waals surface area contributed by atoms with Crippen molar-refractivity contribution in [2.75, 3.05) is 24.5 Å². The first-order chi connectivity index (χ1) is 15.0. The zero-order valence-electron chi connectivity index (χ0n) is 17.4. The van der Waals surface area contributed by atoms with Gasteiger partial charge in [-0.2, -0.15) is 0 Å². The van der Waals surface area contributed by atoms with Crippen LogP contribution in [0.5, 0.6) is 0 Å². The number of amides is 3. The minimum absolute atomic E-state index is 0.00678. The van der Waals surface area contributed by atoms with Crippen LogP contribution in [0.2, 0.25) is 0 Å². The van der Waals surface area contributed by atoms with Gasteiger partial charge in [-0.25, -0.2) is 4.39 Å². The zero-order valence-corrected chi connectivity index (χ0v) is 17.4. The summed E-state index contributed by atoms with van der Waals surface area (Å²) >= 11 is 0. The largest absolute Gasteiger partial charge is 0.352 e. The Morgan fingerprint density at radius 2 is 1.65 bits per heavy atom.